The lowest BCUT2D eigenvalue weighted by Crippen LogP contribution is -2.49. The van der Waals surface area contributed by atoms with E-state index in [-0.39, 0.29) is 18.4 Å². The van der Waals surface area contributed by atoms with E-state index >= 15 is 0 Å². The van der Waals surface area contributed by atoms with Gasteiger partial charge in [-0.2, -0.15) is 0 Å². The molecule has 0 aromatic heterocycles. The molecule has 1 N–H and O–H groups in total. The summed E-state index contributed by atoms with van der Waals surface area (Å²) in [7, 11) is 1.66. The Morgan fingerprint density at radius 3 is 2.62 bits per heavy atom. The van der Waals surface area contributed by atoms with Crippen LogP contribution in [0.15, 0.2) is 22.7 Å². The number of nitrogens with zero attached hydrogens (tertiary/aromatic N) is 2. The van der Waals surface area contributed by atoms with Crippen molar-refractivity contribution in [2.24, 2.45) is 0 Å². The fraction of sp³-hybridized carbons (Fsp3) is 0.467. The molecular weight excluding hydrogens is 334 g/mol. The first-order chi connectivity index (χ1) is 9.99. The van der Waals surface area contributed by atoms with Crippen molar-refractivity contribution in [2.45, 2.75) is 6.92 Å². The predicted octanol–water partition coefficient (Wildman–Crippen LogP) is 1.26. The van der Waals surface area contributed by atoms with Crippen molar-refractivity contribution < 1.29 is 9.59 Å². The van der Waals surface area contributed by atoms with E-state index in [4.69, 9.17) is 0 Å². The van der Waals surface area contributed by atoms with Crippen molar-refractivity contribution in [3.63, 3.8) is 0 Å². The molecule has 1 aromatic rings. The van der Waals surface area contributed by atoms with Gasteiger partial charge in [-0.1, -0.05) is 22.0 Å². The molecule has 1 heterocycles. The SMILES string of the molecule is Cc1ccc(C(=O)N(C)CC(=O)N2CCNCC2)cc1Br. The lowest BCUT2D eigenvalue weighted by atomic mass is 10.1. The number of hydrogen-bond acceptors (Lipinski definition) is 3. The maximum absolute atomic E-state index is 12.3. The van der Waals surface area contributed by atoms with Crippen molar-refractivity contribution in [1.29, 1.82) is 0 Å². The van der Waals surface area contributed by atoms with E-state index in [1.807, 2.05) is 13.0 Å². The number of carbonyl (C=O) groups is 2. The number of halogens is 1. The van der Waals surface area contributed by atoms with Gasteiger partial charge in [0.05, 0.1) is 6.54 Å². The summed E-state index contributed by atoms with van der Waals surface area (Å²) < 4.78 is 0.898. The fourth-order valence-corrected chi connectivity index (χ4v) is 2.61. The van der Waals surface area contributed by atoms with Gasteiger partial charge < -0.3 is 15.1 Å². The highest BCUT2D eigenvalue weighted by molar-refractivity contribution is 9.10. The molecule has 0 aliphatic carbocycles. The standard InChI is InChI=1S/C15H20BrN3O2/c1-11-3-4-12(9-13(11)16)15(21)18(2)10-14(20)19-7-5-17-6-8-19/h3-4,9,17H,5-8,10H2,1-2H3. The molecular formula is C15H20BrN3O2. The molecule has 2 rings (SSSR count). The molecule has 6 heteroatoms. The fourth-order valence-electron chi connectivity index (χ4n) is 2.24. The average molecular weight is 354 g/mol. The average Bonchev–Trinajstić information content (AvgIpc) is 2.50. The monoisotopic (exact) mass is 353 g/mol. The van der Waals surface area contributed by atoms with Crippen LogP contribution in [0, 0.1) is 6.92 Å². The molecule has 0 spiro atoms. The van der Waals surface area contributed by atoms with E-state index in [1.165, 1.54) is 4.90 Å². The summed E-state index contributed by atoms with van der Waals surface area (Å²) in [6.07, 6.45) is 0. The first kappa shape index (κ1) is 16.0. The Kier molecular flexibility index (Phi) is 5.36. The largest absolute Gasteiger partial charge is 0.339 e. The van der Waals surface area contributed by atoms with Crippen LogP contribution in [0.5, 0.6) is 0 Å². The molecule has 5 nitrogen and oxygen atoms in total. The maximum atomic E-state index is 12.3. The zero-order valence-electron chi connectivity index (χ0n) is 12.4. The molecule has 1 saturated heterocycles. The summed E-state index contributed by atoms with van der Waals surface area (Å²) in [5.74, 6) is -0.141. The van der Waals surface area contributed by atoms with Gasteiger partial charge in [-0.25, -0.2) is 0 Å². The second-order valence-corrected chi connectivity index (χ2v) is 6.11. The van der Waals surface area contributed by atoms with Crippen LogP contribution in [0.3, 0.4) is 0 Å². The first-order valence-corrected chi connectivity index (χ1v) is 7.78. The lowest BCUT2D eigenvalue weighted by Gasteiger charge is -2.29. The zero-order chi connectivity index (χ0) is 15.4. The van der Waals surface area contributed by atoms with Crippen LogP contribution < -0.4 is 5.32 Å². The van der Waals surface area contributed by atoms with Gasteiger partial charge in [-0.3, -0.25) is 9.59 Å². The topological polar surface area (TPSA) is 52.7 Å². The van der Waals surface area contributed by atoms with Gasteiger partial charge in [0, 0.05) is 43.3 Å². The third-order valence-electron chi connectivity index (χ3n) is 3.61. The van der Waals surface area contributed by atoms with E-state index in [9.17, 15) is 9.59 Å². The number of carbonyl (C=O) groups excluding carboxylic acids is 2. The number of nitrogens with one attached hydrogen (secondary N) is 1. The first-order valence-electron chi connectivity index (χ1n) is 6.99. The van der Waals surface area contributed by atoms with Crippen LogP contribution in [0.4, 0.5) is 0 Å². The summed E-state index contributed by atoms with van der Waals surface area (Å²) in [6.45, 7) is 5.12. The van der Waals surface area contributed by atoms with Crippen LogP contribution in [0.2, 0.25) is 0 Å². The van der Waals surface area contributed by atoms with Gasteiger partial charge in [0.2, 0.25) is 5.91 Å². The summed E-state index contributed by atoms with van der Waals surface area (Å²) in [4.78, 5) is 27.8. The Hall–Kier alpha value is -1.40. The van der Waals surface area contributed by atoms with Crippen LogP contribution in [0.25, 0.3) is 0 Å². The Bertz CT molecular complexity index is 542. The molecule has 1 aliphatic rings. The van der Waals surface area contributed by atoms with Gasteiger partial charge in [0.25, 0.3) is 5.91 Å². The minimum Gasteiger partial charge on any atom is -0.339 e. The molecule has 114 valence electrons. The molecule has 0 atom stereocenters. The molecule has 0 unspecified atom stereocenters. The predicted molar refractivity (Wildman–Crippen MR) is 85.3 cm³/mol. The number of benzene rings is 1. The second kappa shape index (κ2) is 7.04. The Labute approximate surface area is 133 Å². The van der Waals surface area contributed by atoms with Crippen molar-refractivity contribution in [1.82, 2.24) is 15.1 Å². The van der Waals surface area contributed by atoms with Gasteiger partial charge in [-0.05, 0) is 24.6 Å². The zero-order valence-corrected chi connectivity index (χ0v) is 13.9. The number of amides is 2. The summed E-state index contributed by atoms with van der Waals surface area (Å²) in [5.41, 5.74) is 1.66. The smallest absolute Gasteiger partial charge is 0.254 e. The summed E-state index contributed by atoms with van der Waals surface area (Å²) in [5, 5.41) is 3.20. The van der Waals surface area contributed by atoms with Gasteiger partial charge in [0.15, 0.2) is 0 Å². The molecule has 2 amide bonds. The van der Waals surface area contributed by atoms with Crippen LogP contribution >= 0.6 is 15.9 Å². The number of aryl methyl sites for hydroxylation is 1. The Morgan fingerprint density at radius 2 is 2.00 bits per heavy atom. The minimum absolute atomic E-state index is 0.00136. The molecule has 0 bridgehead atoms. The number of likely N-dealkylation sites (N-methyl/N-ethyl adjacent to an activating group) is 1. The number of hydrogen-bond donors (Lipinski definition) is 1. The number of rotatable bonds is 3. The Morgan fingerprint density at radius 1 is 1.33 bits per heavy atom. The number of piperazine rings is 1. The lowest BCUT2D eigenvalue weighted by molar-refractivity contribution is -0.132. The van der Waals surface area contributed by atoms with E-state index in [2.05, 4.69) is 21.2 Å². The highest BCUT2D eigenvalue weighted by atomic mass is 79.9. The highest BCUT2D eigenvalue weighted by Gasteiger charge is 2.20. The van der Waals surface area contributed by atoms with Crippen LogP contribution in [-0.2, 0) is 4.79 Å². The molecule has 1 fully saturated rings. The molecule has 0 saturated carbocycles. The van der Waals surface area contributed by atoms with E-state index < -0.39 is 0 Å². The molecule has 1 aliphatic heterocycles. The van der Waals surface area contributed by atoms with E-state index in [0.29, 0.717) is 18.7 Å². The minimum atomic E-state index is -0.140. The van der Waals surface area contributed by atoms with Gasteiger partial charge in [-0.15, -0.1) is 0 Å². The third kappa shape index (κ3) is 4.04. The van der Waals surface area contributed by atoms with E-state index in [0.717, 1.165) is 23.1 Å². The van der Waals surface area contributed by atoms with Gasteiger partial charge in [0.1, 0.15) is 0 Å². The van der Waals surface area contributed by atoms with Crippen LogP contribution in [-0.4, -0.2) is 61.4 Å². The van der Waals surface area contributed by atoms with E-state index in [1.54, 1.807) is 24.1 Å². The Balaban J connectivity index is 1.98. The summed E-state index contributed by atoms with van der Waals surface area (Å²) in [6, 6.07) is 5.47. The highest BCUT2D eigenvalue weighted by Crippen LogP contribution is 2.18. The van der Waals surface area contributed by atoms with Crippen molar-refractivity contribution in [3.8, 4) is 0 Å². The van der Waals surface area contributed by atoms with Crippen molar-refractivity contribution >= 4 is 27.7 Å². The second-order valence-electron chi connectivity index (χ2n) is 5.26. The van der Waals surface area contributed by atoms with Crippen LogP contribution in [0.1, 0.15) is 15.9 Å². The summed E-state index contributed by atoms with van der Waals surface area (Å²) >= 11 is 3.42. The van der Waals surface area contributed by atoms with Gasteiger partial charge >= 0.3 is 0 Å². The normalized spacial score (nSPS) is 14.9. The molecule has 1 aromatic carbocycles. The van der Waals surface area contributed by atoms with Crippen molar-refractivity contribution in [3.05, 3.63) is 33.8 Å². The third-order valence-corrected chi connectivity index (χ3v) is 4.46. The quantitative estimate of drug-likeness (QED) is 0.889. The van der Waals surface area contributed by atoms with Crippen molar-refractivity contribution in [2.75, 3.05) is 39.8 Å². The molecule has 0 radical (unpaired) electrons. The molecule has 21 heavy (non-hydrogen) atoms. The maximum Gasteiger partial charge on any atom is 0.254 e.